The molecule has 1 amide bonds. The highest BCUT2D eigenvalue weighted by Gasteiger charge is 2.27. The van der Waals surface area contributed by atoms with Crippen LogP contribution in [0.3, 0.4) is 0 Å². The molecule has 1 aromatic carbocycles. The first-order valence-electron chi connectivity index (χ1n) is 6.52. The number of alkyl halides is 3. The second-order valence-electron chi connectivity index (χ2n) is 4.83. The molecule has 0 saturated heterocycles. The van der Waals surface area contributed by atoms with Gasteiger partial charge in [0.25, 0.3) is 0 Å². The summed E-state index contributed by atoms with van der Waals surface area (Å²) in [5.74, 6) is -0.579. The second-order valence-corrected chi connectivity index (χ2v) is 4.83. The van der Waals surface area contributed by atoms with Gasteiger partial charge in [0.1, 0.15) is 0 Å². The van der Waals surface area contributed by atoms with Crippen LogP contribution < -0.4 is 11.1 Å². The SMILES string of the molecule is NC(Cc1c[nH]c2ccccc12)C(=O)NCCC(F)(F)F. The minimum atomic E-state index is -4.28. The van der Waals surface area contributed by atoms with Gasteiger partial charge in [-0.05, 0) is 18.1 Å². The number of fused-ring (bicyclic) bond motifs is 1. The van der Waals surface area contributed by atoms with E-state index < -0.39 is 31.1 Å². The number of hydrogen-bond acceptors (Lipinski definition) is 2. The van der Waals surface area contributed by atoms with Crippen LogP contribution in [0, 0.1) is 0 Å². The quantitative estimate of drug-likeness (QED) is 0.791. The molecule has 1 heterocycles. The first-order chi connectivity index (χ1) is 9.87. The molecule has 1 aromatic heterocycles. The van der Waals surface area contributed by atoms with Crippen LogP contribution in [0.2, 0.25) is 0 Å². The minimum Gasteiger partial charge on any atom is -0.361 e. The number of rotatable bonds is 5. The van der Waals surface area contributed by atoms with Crippen molar-refractivity contribution < 1.29 is 18.0 Å². The van der Waals surface area contributed by atoms with Gasteiger partial charge in [-0.15, -0.1) is 0 Å². The summed E-state index contributed by atoms with van der Waals surface area (Å²) in [6.07, 6.45) is -3.32. The number of para-hydroxylation sites is 1. The lowest BCUT2D eigenvalue weighted by atomic mass is 10.1. The Bertz CT molecular complexity index is 621. The van der Waals surface area contributed by atoms with Crippen molar-refractivity contribution in [3.05, 3.63) is 36.0 Å². The maximum Gasteiger partial charge on any atom is 0.390 e. The average Bonchev–Trinajstić information content (AvgIpc) is 2.80. The summed E-state index contributed by atoms with van der Waals surface area (Å²) in [4.78, 5) is 14.7. The lowest BCUT2D eigenvalue weighted by Crippen LogP contribution is -2.43. The number of benzene rings is 1. The third-order valence-electron chi connectivity index (χ3n) is 3.16. The predicted octanol–water partition coefficient (Wildman–Crippen LogP) is 2.11. The van der Waals surface area contributed by atoms with Crippen molar-refractivity contribution in [3.8, 4) is 0 Å². The molecule has 4 nitrogen and oxygen atoms in total. The highest BCUT2D eigenvalue weighted by atomic mass is 19.4. The Labute approximate surface area is 119 Å². The molecule has 0 aliphatic heterocycles. The normalized spacial score (nSPS) is 13.3. The van der Waals surface area contributed by atoms with E-state index in [2.05, 4.69) is 10.3 Å². The summed E-state index contributed by atoms with van der Waals surface area (Å²) in [7, 11) is 0. The molecule has 0 aliphatic carbocycles. The molecule has 2 rings (SSSR count). The molecule has 1 atom stereocenters. The third-order valence-corrected chi connectivity index (χ3v) is 3.16. The summed E-state index contributed by atoms with van der Waals surface area (Å²) >= 11 is 0. The van der Waals surface area contributed by atoms with E-state index in [0.717, 1.165) is 16.5 Å². The smallest absolute Gasteiger partial charge is 0.361 e. The second kappa shape index (κ2) is 6.17. The summed E-state index contributed by atoms with van der Waals surface area (Å²) in [5.41, 5.74) is 7.53. The Hall–Kier alpha value is -2.02. The van der Waals surface area contributed by atoms with Crippen LogP contribution in [-0.4, -0.2) is 29.7 Å². The molecule has 2 aromatic rings. The van der Waals surface area contributed by atoms with E-state index >= 15 is 0 Å². The van der Waals surface area contributed by atoms with Gasteiger partial charge in [-0.3, -0.25) is 4.79 Å². The van der Waals surface area contributed by atoms with E-state index in [1.54, 1.807) is 6.20 Å². The lowest BCUT2D eigenvalue weighted by Gasteiger charge is -2.12. The maximum atomic E-state index is 12.0. The average molecular weight is 299 g/mol. The van der Waals surface area contributed by atoms with E-state index in [9.17, 15) is 18.0 Å². The molecule has 0 spiro atoms. The van der Waals surface area contributed by atoms with Crippen molar-refractivity contribution in [2.45, 2.75) is 25.1 Å². The molecular formula is C14H16F3N3O. The highest BCUT2D eigenvalue weighted by Crippen LogP contribution is 2.19. The van der Waals surface area contributed by atoms with Gasteiger partial charge in [0.05, 0.1) is 12.5 Å². The molecule has 0 aliphatic rings. The Kier molecular flexibility index (Phi) is 4.52. The van der Waals surface area contributed by atoms with Gasteiger partial charge in [0, 0.05) is 23.6 Å². The molecule has 114 valence electrons. The fourth-order valence-electron chi connectivity index (χ4n) is 2.09. The Morgan fingerprint density at radius 3 is 2.76 bits per heavy atom. The van der Waals surface area contributed by atoms with Gasteiger partial charge >= 0.3 is 6.18 Å². The monoisotopic (exact) mass is 299 g/mol. The number of aromatic nitrogens is 1. The van der Waals surface area contributed by atoms with E-state index in [0.29, 0.717) is 0 Å². The molecule has 0 saturated carbocycles. The number of carbonyl (C=O) groups is 1. The first kappa shape index (κ1) is 15.4. The summed E-state index contributed by atoms with van der Waals surface area (Å²) in [6.45, 7) is -0.454. The molecule has 4 N–H and O–H groups in total. The molecule has 7 heteroatoms. The van der Waals surface area contributed by atoms with Crippen LogP contribution in [0.4, 0.5) is 13.2 Å². The zero-order valence-corrected chi connectivity index (χ0v) is 11.2. The van der Waals surface area contributed by atoms with Crippen LogP contribution >= 0.6 is 0 Å². The topological polar surface area (TPSA) is 70.9 Å². The third kappa shape index (κ3) is 4.22. The van der Waals surface area contributed by atoms with Crippen molar-refractivity contribution >= 4 is 16.8 Å². The van der Waals surface area contributed by atoms with Gasteiger partial charge < -0.3 is 16.0 Å². The number of H-pyrrole nitrogens is 1. The number of nitrogens with two attached hydrogens (primary N) is 1. The summed E-state index contributed by atoms with van der Waals surface area (Å²) in [6, 6.07) is 6.67. The van der Waals surface area contributed by atoms with E-state index in [1.165, 1.54) is 0 Å². The van der Waals surface area contributed by atoms with Crippen molar-refractivity contribution in [1.82, 2.24) is 10.3 Å². The number of hydrogen-bond donors (Lipinski definition) is 3. The number of nitrogens with one attached hydrogen (secondary N) is 2. The highest BCUT2D eigenvalue weighted by molar-refractivity contribution is 5.86. The standard InChI is InChI=1S/C14H16F3N3O/c15-14(16,17)5-6-19-13(21)11(18)7-9-8-20-12-4-2-1-3-10(9)12/h1-4,8,11,20H,5-7,18H2,(H,19,21). The molecule has 1 unspecified atom stereocenters. The van der Waals surface area contributed by atoms with Crippen LogP contribution in [0.15, 0.2) is 30.5 Å². The van der Waals surface area contributed by atoms with Gasteiger partial charge in [-0.2, -0.15) is 13.2 Å². The van der Waals surface area contributed by atoms with Crippen molar-refractivity contribution in [2.24, 2.45) is 5.73 Å². The molecule has 0 bridgehead atoms. The van der Waals surface area contributed by atoms with Crippen molar-refractivity contribution in [1.29, 1.82) is 0 Å². The largest absolute Gasteiger partial charge is 0.390 e. The summed E-state index contributed by atoms with van der Waals surface area (Å²) in [5, 5.41) is 3.16. The van der Waals surface area contributed by atoms with Gasteiger partial charge in [0.2, 0.25) is 5.91 Å². The lowest BCUT2D eigenvalue weighted by molar-refractivity contribution is -0.135. The molecule has 0 fully saturated rings. The first-order valence-corrected chi connectivity index (χ1v) is 6.52. The Morgan fingerprint density at radius 1 is 1.33 bits per heavy atom. The predicted molar refractivity (Wildman–Crippen MR) is 73.7 cm³/mol. The number of amides is 1. The summed E-state index contributed by atoms with van der Waals surface area (Å²) < 4.78 is 36.0. The van der Waals surface area contributed by atoms with Gasteiger partial charge in [-0.25, -0.2) is 0 Å². The number of halogens is 3. The maximum absolute atomic E-state index is 12.0. The number of carbonyl (C=O) groups excluding carboxylic acids is 1. The molecule has 0 radical (unpaired) electrons. The Morgan fingerprint density at radius 2 is 2.05 bits per heavy atom. The molecular weight excluding hydrogens is 283 g/mol. The van der Waals surface area contributed by atoms with Crippen LogP contribution in [0.5, 0.6) is 0 Å². The van der Waals surface area contributed by atoms with E-state index in [4.69, 9.17) is 5.73 Å². The Balaban J connectivity index is 1.92. The van der Waals surface area contributed by atoms with E-state index in [-0.39, 0.29) is 6.42 Å². The van der Waals surface area contributed by atoms with Gasteiger partial charge in [-0.1, -0.05) is 18.2 Å². The van der Waals surface area contributed by atoms with Crippen molar-refractivity contribution in [3.63, 3.8) is 0 Å². The minimum absolute atomic E-state index is 0.266. The van der Waals surface area contributed by atoms with Crippen LogP contribution in [0.1, 0.15) is 12.0 Å². The fraction of sp³-hybridized carbons (Fsp3) is 0.357. The van der Waals surface area contributed by atoms with Crippen LogP contribution in [0.25, 0.3) is 10.9 Å². The van der Waals surface area contributed by atoms with Crippen LogP contribution in [-0.2, 0) is 11.2 Å². The number of aromatic amines is 1. The zero-order chi connectivity index (χ0) is 15.5. The van der Waals surface area contributed by atoms with Gasteiger partial charge in [0.15, 0.2) is 0 Å². The zero-order valence-electron chi connectivity index (χ0n) is 11.2. The van der Waals surface area contributed by atoms with Crippen molar-refractivity contribution in [2.75, 3.05) is 6.54 Å². The molecule has 21 heavy (non-hydrogen) atoms. The fourth-order valence-corrected chi connectivity index (χ4v) is 2.09. The van der Waals surface area contributed by atoms with E-state index in [1.807, 2.05) is 24.3 Å².